The summed E-state index contributed by atoms with van der Waals surface area (Å²) in [7, 11) is 1.68. The first-order valence-corrected chi connectivity index (χ1v) is 6.87. The van der Waals surface area contributed by atoms with Crippen LogP contribution in [-0.2, 0) is 6.54 Å². The molecule has 0 aliphatic carbocycles. The molecule has 1 heterocycles. The largest absolute Gasteiger partial charge is 0.496 e. The third kappa shape index (κ3) is 4.54. The second kappa shape index (κ2) is 8.34. The normalized spacial score (nSPS) is 19.4. The molecule has 0 aromatic heterocycles. The molecule has 0 spiro atoms. The molecular formula is C15H24IN3O. The number of benzene rings is 1. The molecule has 2 N–H and O–H groups in total. The van der Waals surface area contributed by atoms with Gasteiger partial charge in [-0.1, -0.05) is 25.1 Å². The van der Waals surface area contributed by atoms with E-state index in [0.717, 1.165) is 24.4 Å². The van der Waals surface area contributed by atoms with Crippen molar-refractivity contribution < 1.29 is 4.74 Å². The zero-order valence-electron chi connectivity index (χ0n) is 12.2. The predicted octanol–water partition coefficient (Wildman–Crippen LogP) is 2.86. The first kappa shape index (κ1) is 17.1. The summed E-state index contributed by atoms with van der Waals surface area (Å²) >= 11 is 0. The van der Waals surface area contributed by atoms with Crippen LogP contribution in [0.3, 0.4) is 0 Å². The van der Waals surface area contributed by atoms with E-state index in [1.165, 1.54) is 12.8 Å². The molecule has 0 bridgehead atoms. The van der Waals surface area contributed by atoms with E-state index in [2.05, 4.69) is 16.8 Å². The van der Waals surface area contributed by atoms with Gasteiger partial charge in [-0.3, -0.25) is 0 Å². The van der Waals surface area contributed by atoms with E-state index in [1.54, 1.807) is 7.11 Å². The number of piperidine rings is 1. The van der Waals surface area contributed by atoms with Crippen LogP contribution in [0, 0.1) is 5.92 Å². The zero-order valence-corrected chi connectivity index (χ0v) is 14.5. The van der Waals surface area contributed by atoms with Crippen LogP contribution in [-0.4, -0.2) is 31.1 Å². The molecule has 1 aromatic carbocycles. The summed E-state index contributed by atoms with van der Waals surface area (Å²) in [5.41, 5.74) is 7.15. The van der Waals surface area contributed by atoms with Crippen LogP contribution in [0.1, 0.15) is 25.3 Å². The molecule has 1 atom stereocenters. The first-order valence-electron chi connectivity index (χ1n) is 6.87. The third-order valence-electron chi connectivity index (χ3n) is 3.58. The Morgan fingerprint density at radius 1 is 1.45 bits per heavy atom. The van der Waals surface area contributed by atoms with Crippen molar-refractivity contribution in [1.29, 1.82) is 0 Å². The van der Waals surface area contributed by atoms with Gasteiger partial charge in [0.2, 0.25) is 0 Å². The standard InChI is InChI=1S/C15H23N3O.HI/c1-12-6-5-9-18(11-12)15(16)17-10-13-7-3-4-8-14(13)19-2;/h3-4,7-8,12H,5-6,9-11H2,1-2H3,(H2,16,17);1H. The van der Waals surface area contributed by atoms with Gasteiger partial charge in [-0.25, -0.2) is 4.99 Å². The average molecular weight is 389 g/mol. The van der Waals surface area contributed by atoms with Gasteiger partial charge in [0.1, 0.15) is 5.75 Å². The molecule has 2 rings (SSSR count). The lowest BCUT2D eigenvalue weighted by Gasteiger charge is -2.31. The molecule has 1 saturated heterocycles. The molecule has 1 aliphatic rings. The maximum Gasteiger partial charge on any atom is 0.191 e. The van der Waals surface area contributed by atoms with E-state index in [9.17, 15) is 0 Å². The van der Waals surface area contributed by atoms with Gasteiger partial charge in [0.25, 0.3) is 0 Å². The Kier molecular flexibility index (Phi) is 7.12. The van der Waals surface area contributed by atoms with Gasteiger partial charge < -0.3 is 15.4 Å². The summed E-state index contributed by atoms with van der Waals surface area (Å²) in [6.07, 6.45) is 2.49. The van der Waals surface area contributed by atoms with Crippen LogP contribution >= 0.6 is 24.0 Å². The first-order chi connectivity index (χ1) is 9.20. The van der Waals surface area contributed by atoms with Gasteiger partial charge in [-0.15, -0.1) is 24.0 Å². The maximum atomic E-state index is 6.09. The molecule has 0 radical (unpaired) electrons. The fraction of sp³-hybridized carbons (Fsp3) is 0.533. The van der Waals surface area contributed by atoms with Crippen LogP contribution in [0.25, 0.3) is 0 Å². The highest BCUT2D eigenvalue weighted by Gasteiger charge is 2.17. The summed E-state index contributed by atoms with van der Waals surface area (Å²) in [4.78, 5) is 6.69. The molecule has 0 amide bonds. The number of nitrogens with two attached hydrogens (primary N) is 1. The molecule has 1 unspecified atom stereocenters. The summed E-state index contributed by atoms with van der Waals surface area (Å²) < 4.78 is 5.32. The molecule has 5 heteroatoms. The quantitative estimate of drug-likeness (QED) is 0.492. The predicted molar refractivity (Wildman–Crippen MR) is 93.7 cm³/mol. The van der Waals surface area contributed by atoms with E-state index in [-0.39, 0.29) is 24.0 Å². The number of aliphatic imine (C=N–C) groups is 1. The Bertz CT molecular complexity index is 450. The van der Waals surface area contributed by atoms with Gasteiger partial charge in [-0.05, 0) is 24.8 Å². The fourth-order valence-corrected chi connectivity index (χ4v) is 2.50. The number of hydrogen-bond acceptors (Lipinski definition) is 2. The van der Waals surface area contributed by atoms with E-state index in [0.29, 0.717) is 18.4 Å². The number of methoxy groups -OCH3 is 1. The zero-order chi connectivity index (χ0) is 13.7. The van der Waals surface area contributed by atoms with Gasteiger partial charge >= 0.3 is 0 Å². The molecule has 112 valence electrons. The minimum absolute atomic E-state index is 0. The van der Waals surface area contributed by atoms with Gasteiger partial charge in [0.05, 0.1) is 13.7 Å². The Labute approximate surface area is 138 Å². The van der Waals surface area contributed by atoms with Crippen molar-refractivity contribution in [3.05, 3.63) is 29.8 Å². The molecule has 1 fully saturated rings. The Morgan fingerprint density at radius 2 is 2.20 bits per heavy atom. The minimum Gasteiger partial charge on any atom is -0.496 e. The number of hydrogen-bond donors (Lipinski definition) is 1. The highest BCUT2D eigenvalue weighted by molar-refractivity contribution is 14.0. The minimum atomic E-state index is 0. The topological polar surface area (TPSA) is 50.9 Å². The highest BCUT2D eigenvalue weighted by Crippen LogP contribution is 2.19. The van der Waals surface area contributed by atoms with Gasteiger partial charge in [0.15, 0.2) is 5.96 Å². The van der Waals surface area contributed by atoms with Crippen LogP contribution in [0.4, 0.5) is 0 Å². The van der Waals surface area contributed by atoms with Crippen molar-refractivity contribution in [2.24, 2.45) is 16.6 Å². The molecule has 0 saturated carbocycles. The lowest BCUT2D eigenvalue weighted by Crippen LogP contribution is -2.43. The van der Waals surface area contributed by atoms with Gasteiger partial charge in [-0.2, -0.15) is 0 Å². The summed E-state index contributed by atoms with van der Waals surface area (Å²) in [5.74, 6) is 2.22. The van der Waals surface area contributed by atoms with Crippen LogP contribution in [0.2, 0.25) is 0 Å². The van der Waals surface area contributed by atoms with Crippen molar-refractivity contribution in [3.8, 4) is 5.75 Å². The molecule has 1 aromatic rings. The molecular weight excluding hydrogens is 365 g/mol. The van der Waals surface area contributed by atoms with E-state index in [4.69, 9.17) is 10.5 Å². The van der Waals surface area contributed by atoms with E-state index < -0.39 is 0 Å². The number of nitrogens with zero attached hydrogens (tertiary/aromatic N) is 2. The van der Waals surface area contributed by atoms with Crippen LogP contribution in [0.15, 0.2) is 29.3 Å². The molecule has 20 heavy (non-hydrogen) atoms. The monoisotopic (exact) mass is 389 g/mol. The van der Waals surface area contributed by atoms with Crippen molar-refractivity contribution in [3.63, 3.8) is 0 Å². The SMILES string of the molecule is COc1ccccc1CN=C(N)N1CCCC(C)C1.I. The summed E-state index contributed by atoms with van der Waals surface area (Å²) in [5, 5.41) is 0. The fourth-order valence-electron chi connectivity index (χ4n) is 2.50. The third-order valence-corrected chi connectivity index (χ3v) is 3.58. The highest BCUT2D eigenvalue weighted by atomic mass is 127. The van der Waals surface area contributed by atoms with Crippen molar-refractivity contribution in [2.45, 2.75) is 26.3 Å². The van der Waals surface area contributed by atoms with E-state index >= 15 is 0 Å². The van der Waals surface area contributed by atoms with Crippen molar-refractivity contribution >= 4 is 29.9 Å². The van der Waals surface area contributed by atoms with E-state index in [1.807, 2.05) is 24.3 Å². The van der Waals surface area contributed by atoms with Crippen LogP contribution < -0.4 is 10.5 Å². The summed E-state index contributed by atoms with van der Waals surface area (Å²) in [6, 6.07) is 7.92. The Hall–Kier alpha value is -0.980. The number of rotatable bonds is 3. The number of ether oxygens (including phenoxy) is 1. The maximum absolute atomic E-state index is 6.09. The lowest BCUT2D eigenvalue weighted by molar-refractivity contribution is 0.270. The Morgan fingerprint density at radius 3 is 2.90 bits per heavy atom. The smallest absolute Gasteiger partial charge is 0.191 e. The molecule has 1 aliphatic heterocycles. The number of para-hydroxylation sites is 1. The van der Waals surface area contributed by atoms with Crippen LogP contribution in [0.5, 0.6) is 5.75 Å². The number of likely N-dealkylation sites (tertiary alicyclic amines) is 1. The van der Waals surface area contributed by atoms with Gasteiger partial charge in [0, 0.05) is 18.7 Å². The van der Waals surface area contributed by atoms with Crippen molar-refractivity contribution in [2.75, 3.05) is 20.2 Å². The summed E-state index contributed by atoms with van der Waals surface area (Å²) in [6.45, 7) is 4.87. The average Bonchev–Trinajstić information content (AvgIpc) is 2.45. The Balaban J connectivity index is 0.00000200. The second-order valence-corrected chi connectivity index (χ2v) is 5.18. The lowest BCUT2D eigenvalue weighted by atomic mass is 10.0. The number of halogens is 1. The number of guanidine groups is 1. The second-order valence-electron chi connectivity index (χ2n) is 5.18. The van der Waals surface area contributed by atoms with Crippen molar-refractivity contribution in [1.82, 2.24) is 4.90 Å². The molecule has 4 nitrogen and oxygen atoms in total.